The monoisotopic (exact) mass is 414 g/mol. The highest BCUT2D eigenvalue weighted by Crippen LogP contribution is 2.44. The number of nitrogens with one attached hydrogen (secondary N) is 1. The van der Waals surface area contributed by atoms with Crippen molar-refractivity contribution in [3.05, 3.63) is 48.0 Å². The molecule has 7 heteroatoms. The van der Waals surface area contributed by atoms with E-state index in [0.717, 1.165) is 48.4 Å². The molecular weight excluding hydrogens is 388 g/mol. The van der Waals surface area contributed by atoms with Crippen molar-refractivity contribution in [2.45, 2.75) is 50.4 Å². The van der Waals surface area contributed by atoms with E-state index >= 15 is 0 Å². The van der Waals surface area contributed by atoms with Gasteiger partial charge in [0.25, 0.3) is 0 Å². The largest absolute Gasteiger partial charge is 0.382 e. The van der Waals surface area contributed by atoms with Crippen LogP contribution >= 0.6 is 0 Å². The number of para-hydroxylation sites is 1. The van der Waals surface area contributed by atoms with E-state index < -0.39 is 0 Å². The maximum Gasteiger partial charge on any atom is 0.220 e. The maximum atomic E-state index is 11.6. The summed E-state index contributed by atoms with van der Waals surface area (Å²) in [5.41, 5.74) is 17.1. The molecule has 5 N–H and O–H groups in total. The lowest BCUT2D eigenvalue weighted by Crippen LogP contribution is -2.27. The molecule has 4 aromatic rings. The molecule has 0 bridgehead atoms. The van der Waals surface area contributed by atoms with Crippen molar-refractivity contribution in [3.63, 3.8) is 0 Å². The fourth-order valence-electron chi connectivity index (χ4n) is 5.24. The van der Waals surface area contributed by atoms with Gasteiger partial charge in [-0.05, 0) is 56.1 Å². The summed E-state index contributed by atoms with van der Waals surface area (Å²) < 4.78 is 2.08. The number of aromatic nitrogens is 4. The molecule has 2 aliphatic carbocycles. The van der Waals surface area contributed by atoms with Crippen LogP contribution < -0.4 is 11.5 Å². The van der Waals surface area contributed by atoms with Gasteiger partial charge in [0.1, 0.15) is 22.9 Å². The van der Waals surface area contributed by atoms with Crippen LogP contribution in [0.1, 0.15) is 61.7 Å². The van der Waals surface area contributed by atoms with Crippen molar-refractivity contribution in [1.82, 2.24) is 19.4 Å². The highest BCUT2D eigenvalue weighted by Gasteiger charge is 2.30. The third-order valence-electron chi connectivity index (χ3n) is 7.07. The van der Waals surface area contributed by atoms with Gasteiger partial charge in [0.15, 0.2) is 0 Å². The van der Waals surface area contributed by atoms with Gasteiger partial charge in [0.05, 0.1) is 5.69 Å². The highest BCUT2D eigenvalue weighted by molar-refractivity contribution is 5.93. The van der Waals surface area contributed by atoms with Gasteiger partial charge in [-0.3, -0.25) is 9.20 Å². The first kappa shape index (κ1) is 18.4. The first-order valence-electron chi connectivity index (χ1n) is 11.1. The zero-order valence-corrected chi connectivity index (χ0v) is 17.3. The molecule has 0 radical (unpaired) electrons. The normalized spacial score (nSPS) is 21.7. The van der Waals surface area contributed by atoms with E-state index in [1.54, 1.807) is 6.20 Å². The number of benzene rings is 1. The molecule has 0 atom stereocenters. The quantitative estimate of drug-likeness (QED) is 0.466. The van der Waals surface area contributed by atoms with Gasteiger partial charge in [-0.2, -0.15) is 0 Å². The number of carbonyl (C=O) groups is 1. The molecule has 158 valence electrons. The topological polar surface area (TPSA) is 115 Å². The molecule has 0 spiro atoms. The smallest absolute Gasteiger partial charge is 0.220 e. The number of H-pyrrole nitrogens is 1. The van der Waals surface area contributed by atoms with Crippen molar-refractivity contribution in [2.24, 2.45) is 11.7 Å². The van der Waals surface area contributed by atoms with E-state index in [-0.39, 0.29) is 17.7 Å². The minimum Gasteiger partial charge on any atom is -0.382 e. The van der Waals surface area contributed by atoms with Gasteiger partial charge in [-0.25, -0.2) is 9.97 Å². The van der Waals surface area contributed by atoms with Gasteiger partial charge in [-0.15, -0.1) is 0 Å². The lowest BCUT2D eigenvalue weighted by molar-refractivity contribution is -0.122. The molecule has 31 heavy (non-hydrogen) atoms. The summed E-state index contributed by atoms with van der Waals surface area (Å²) in [6, 6.07) is 8.68. The minimum absolute atomic E-state index is 0.0248. The van der Waals surface area contributed by atoms with Crippen LogP contribution in [0.5, 0.6) is 0 Å². The lowest BCUT2D eigenvalue weighted by Gasteiger charge is -2.25. The van der Waals surface area contributed by atoms with Gasteiger partial charge in [0, 0.05) is 35.1 Å². The Morgan fingerprint density at radius 1 is 1.10 bits per heavy atom. The van der Waals surface area contributed by atoms with Crippen molar-refractivity contribution in [1.29, 1.82) is 0 Å². The van der Waals surface area contributed by atoms with E-state index in [1.165, 1.54) is 29.3 Å². The number of carbonyl (C=O) groups excluding carboxylic acids is 1. The Hall–Kier alpha value is -3.35. The Morgan fingerprint density at radius 3 is 2.61 bits per heavy atom. The summed E-state index contributed by atoms with van der Waals surface area (Å²) >= 11 is 0. The number of anilines is 1. The van der Waals surface area contributed by atoms with Crippen molar-refractivity contribution < 1.29 is 4.79 Å². The number of nitrogens with two attached hydrogens (primary N) is 2. The molecule has 2 fully saturated rings. The first-order chi connectivity index (χ1) is 15.1. The van der Waals surface area contributed by atoms with Crippen LogP contribution in [0.15, 0.2) is 36.7 Å². The number of amides is 1. The summed E-state index contributed by atoms with van der Waals surface area (Å²) in [7, 11) is 0. The average Bonchev–Trinajstić information content (AvgIpc) is 3.40. The predicted molar refractivity (Wildman–Crippen MR) is 121 cm³/mol. The van der Waals surface area contributed by atoms with Gasteiger partial charge in [0.2, 0.25) is 5.91 Å². The molecule has 2 aliphatic rings. The molecule has 3 heterocycles. The summed E-state index contributed by atoms with van der Waals surface area (Å²) in [6.45, 7) is 0. The summed E-state index contributed by atoms with van der Waals surface area (Å²) in [4.78, 5) is 24.7. The Balaban J connectivity index is 1.46. The van der Waals surface area contributed by atoms with Gasteiger partial charge < -0.3 is 16.5 Å². The Kier molecular flexibility index (Phi) is 4.06. The van der Waals surface area contributed by atoms with Crippen LogP contribution in [0.25, 0.3) is 27.8 Å². The Morgan fingerprint density at radius 2 is 1.87 bits per heavy atom. The Bertz CT molecular complexity index is 1310. The van der Waals surface area contributed by atoms with Crippen LogP contribution in [-0.2, 0) is 4.79 Å². The van der Waals surface area contributed by atoms with Crippen molar-refractivity contribution in [3.8, 4) is 11.4 Å². The number of primary amides is 1. The first-order valence-corrected chi connectivity index (χ1v) is 11.1. The van der Waals surface area contributed by atoms with Crippen LogP contribution in [0.2, 0.25) is 0 Å². The second-order valence-corrected chi connectivity index (χ2v) is 9.07. The maximum absolute atomic E-state index is 11.6. The third kappa shape index (κ3) is 2.99. The number of aromatic amines is 1. The van der Waals surface area contributed by atoms with E-state index in [0.29, 0.717) is 11.7 Å². The van der Waals surface area contributed by atoms with E-state index in [1.807, 2.05) is 6.20 Å². The van der Waals surface area contributed by atoms with Crippen LogP contribution in [-0.4, -0.2) is 25.3 Å². The summed E-state index contributed by atoms with van der Waals surface area (Å²) in [5.74, 6) is 2.18. The second-order valence-electron chi connectivity index (χ2n) is 9.07. The Labute approximate surface area is 179 Å². The van der Waals surface area contributed by atoms with Crippen LogP contribution in [0.4, 0.5) is 5.82 Å². The molecule has 0 saturated heterocycles. The van der Waals surface area contributed by atoms with Gasteiger partial charge in [-0.1, -0.05) is 18.2 Å². The molecule has 1 aromatic carbocycles. The number of nitrogens with zero attached hydrogens (tertiary/aromatic N) is 3. The molecule has 0 aliphatic heterocycles. The SMILES string of the molecule is Nc1nccn2c1c(-c1cc3cccc(C4CC4)c3[nH]1)nc2[C@H]1CC[C@H](C(N)=O)CC1. The second kappa shape index (κ2) is 6.83. The molecular formula is C24H26N6O. The van der Waals surface area contributed by atoms with Crippen molar-refractivity contribution in [2.75, 3.05) is 5.73 Å². The lowest BCUT2D eigenvalue weighted by atomic mass is 9.81. The number of fused-ring (bicyclic) bond motifs is 2. The number of rotatable bonds is 4. The molecule has 0 unspecified atom stereocenters. The molecule has 3 aromatic heterocycles. The average molecular weight is 415 g/mol. The fourth-order valence-corrected chi connectivity index (χ4v) is 5.24. The van der Waals surface area contributed by atoms with Crippen LogP contribution in [0, 0.1) is 5.92 Å². The van der Waals surface area contributed by atoms with Crippen LogP contribution in [0.3, 0.4) is 0 Å². The zero-order chi connectivity index (χ0) is 21.1. The zero-order valence-electron chi connectivity index (χ0n) is 17.3. The summed E-state index contributed by atoms with van der Waals surface area (Å²) in [5, 5.41) is 1.20. The fraction of sp³-hybridized carbons (Fsp3) is 0.375. The number of imidazole rings is 1. The number of hydrogen-bond donors (Lipinski definition) is 3. The van der Waals surface area contributed by atoms with Crippen molar-refractivity contribution >= 4 is 28.1 Å². The molecule has 7 nitrogen and oxygen atoms in total. The molecule has 6 rings (SSSR count). The number of nitrogen functional groups attached to an aromatic ring is 1. The highest BCUT2D eigenvalue weighted by atomic mass is 16.1. The molecule has 2 saturated carbocycles. The van der Waals surface area contributed by atoms with E-state index in [2.05, 4.69) is 38.6 Å². The number of hydrogen-bond acceptors (Lipinski definition) is 4. The van der Waals surface area contributed by atoms with Gasteiger partial charge >= 0.3 is 0 Å². The van der Waals surface area contributed by atoms with E-state index in [9.17, 15) is 4.79 Å². The third-order valence-corrected chi connectivity index (χ3v) is 7.07. The standard InChI is InChI=1S/C24H26N6O/c25-22-21-20(18-12-16-2-1-3-17(13-4-5-13)19(16)28-18)29-24(30(21)11-10-27-22)15-8-6-14(7-9-15)23(26)31/h1-3,10-15,28H,4-9H2,(H2,25,27)(H2,26,31)/t14-,15-. The predicted octanol–water partition coefficient (Wildman–Crippen LogP) is 4.10. The van der Waals surface area contributed by atoms with E-state index in [4.69, 9.17) is 16.5 Å². The molecule has 1 amide bonds. The minimum atomic E-state index is -0.190. The summed E-state index contributed by atoms with van der Waals surface area (Å²) in [6.07, 6.45) is 9.59.